The van der Waals surface area contributed by atoms with Crippen LogP contribution in [0.3, 0.4) is 0 Å². The average molecular weight is 366 g/mol. The Morgan fingerprint density at radius 1 is 0.714 bits per heavy atom. The van der Waals surface area contributed by atoms with E-state index < -0.39 is 5.60 Å². The molecule has 2 heterocycles. The van der Waals surface area contributed by atoms with Crippen molar-refractivity contribution in [2.24, 2.45) is 0 Å². The molecule has 4 heteroatoms. The van der Waals surface area contributed by atoms with Gasteiger partial charge in [-0.1, -0.05) is 66.7 Å². The van der Waals surface area contributed by atoms with Gasteiger partial charge in [0.15, 0.2) is 11.4 Å². The first kappa shape index (κ1) is 17.8. The molecule has 2 aromatic heterocycles. The fraction of sp³-hybridized carbons (Fsp3) is 0.0417. The molecule has 0 aliphatic rings. The third-order valence-corrected chi connectivity index (χ3v) is 4.70. The molecule has 1 atom stereocenters. The number of carbonyl (C=O) groups excluding carboxylic acids is 1. The van der Waals surface area contributed by atoms with E-state index >= 15 is 0 Å². The molecule has 0 amide bonds. The number of nitrogens with zero attached hydrogens (tertiary/aromatic N) is 2. The Hall–Kier alpha value is -3.63. The molecule has 1 N–H and O–H groups in total. The fourth-order valence-electron chi connectivity index (χ4n) is 3.22. The van der Waals surface area contributed by atoms with Gasteiger partial charge in [-0.05, 0) is 23.8 Å². The number of ketones is 1. The molecule has 0 bridgehead atoms. The Bertz CT molecular complexity index is 1020. The summed E-state index contributed by atoms with van der Waals surface area (Å²) in [6.45, 7) is 0. The number of pyridine rings is 2. The fourth-order valence-corrected chi connectivity index (χ4v) is 3.22. The lowest BCUT2D eigenvalue weighted by Crippen LogP contribution is -2.30. The number of aliphatic hydroxyl groups is 1. The summed E-state index contributed by atoms with van der Waals surface area (Å²) in [5.74, 6) is -0.107. The average Bonchev–Trinajstić information content (AvgIpc) is 2.80. The van der Waals surface area contributed by atoms with Crippen LogP contribution >= 0.6 is 0 Å². The van der Waals surface area contributed by atoms with Gasteiger partial charge < -0.3 is 5.11 Å². The van der Waals surface area contributed by atoms with Crippen LogP contribution < -0.4 is 0 Å². The third-order valence-electron chi connectivity index (χ3n) is 4.70. The summed E-state index contributed by atoms with van der Waals surface area (Å²) in [7, 11) is 0. The van der Waals surface area contributed by atoms with Gasteiger partial charge in [0.25, 0.3) is 0 Å². The lowest BCUT2D eigenvalue weighted by atomic mass is 9.84. The van der Waals surface area contributed by atoms with Gasteiger partial charge in [-0.3, -0.25) is 14.8 Å². The minimum Gasteiger partial charge on any atom is -0.374 e. The monoisotopic (exact) mass is 366 g/mol. The highest BCUT2D eigenvalue weighted by molar-refractivity contribution is 6.08. The number of aromatic nitrogens is 2. The van der Waals surface area contributed by atoms with E-state index in [-0.39, 0.29) is 5.78 Å². The summed E-state index contributed by atoms with van der Waals surface area (Å²) in [5, 5.41) is 11.7. The van der Waals surface area contributed by atoms with Crippen molar-refractivity contribution in [1.29, 1.82) is 0 Å². The van der Waals surface area contributed by atoms with E-state index in [4.69, 9.17) is 0 Å². The second kappa shape index (κ2) is 7.55. The molecule has 0 saturated heterocycles. The maximum Gasteiger partial charge on any atom is 0.194 e. The highest BCUT2D eigenvalue weighted by Gasteiger charge is 2.35. The topological polar surface area (TPSA) is 63.1 Å². The molecule has 4 aromatic rings. The van der Waals surface area contributed by atoms with Crippen molar-refractivity contribution in [3.63, 3.8) is 0 Å². The number of rotatable bonds is 5. The number of benzene rings is 2. The van der Waals surface area contributed by atoms with Crippen LogP contribution in [0.2, 0.25) is 0 Å². The normalized spacial score (nSPS) is 12.9. The van der Waals surface area contributed by atoms with Gasteiger partial charge >= 0.3 is 0 Å². The highest BCUT2D eigenvalue weighted by Crippen LogP contribution is 2.35. The molecule has 4 nitrogen and oxygen atoms in total. The largest absolute Gasteiger partial charge is 0.374 e. The zero-order valence-corrected chi connectivity index (χ0v) is 15.1. The number of hydrogen-bond donors (Lipinski definition) is 1. The molecule has 0 aliphatic carbocycles. The summed E-state index contributed by atoms with van der Waals surface area (Å²) >= 11 is 0. The summed E-state index contributed by atoms with van der Waals surface area (Å²) in [6.07, 6.45) is 4.79. The lowest BCUT2D eigenvalue weighted by molar-refractivity contribution is 0.103. The van der Waals surface area contributed by atoms with Crippen LogP contribution in [0.4, 0.5) is 0 Å². The molecule has 0 fully saturated rings. The van der Waals surface area contributed by atoms with Crippen molar-refractivity contribution in [1.82, 2.24) is 9.97 Å². The minimum absolute atomic E-state index is 0.107. The van der Waals surface area contributed by atoms with Gasteiger partial charge in [0.05, 0.1) is 5.69 Å². The Morgan fingerprint density at radius 3 is 2.00 bits per heavy atom. The summed E-state index contributed by atoms with van der Waals surface area (Å²) in [4.78, 5) is 21.2. The van der Waals surface area contributed by atoms with Gasteiger partial charge in [-0.15, -0.1) is 0 Å². The van der Waals surface area contributed by atoms with Crippen molar-refractivity contribution in [2.75, 3.05) is 0 Å². The maximum absolute atomic E-state index is 12.6. The molecule has 0 aliphatic heterocycles. The molecule has 1 unspecified atom stereocenters. The second-order valence-corrected chi connectivity index (χ2v) is 6.45. The number of hydrogen-bond acceptors (Lipinski definition) is 4. The zero-order valence-electron chi connectivity index (χ0n) is 15.1. The van der Waals surface area contributed by atoms with E-state index in [9.17, 15) is 9.90 Å². The third kappa shape index (κ3) is 3.21. The van der Waals surface area contributed by atoms with Gasteiger partial charge in [0.2, 0.25) is 0 Å². The summed E-state index contributed by atoms with van der Waals surface area (Å²) in [6, 6.07) is 25.3. The predicted molar refractivity (Wildman–Crippen MR) is 107 cm³/mol. The van der Waals surface area contributed by atoms with Gasteiger partial charge in [-0.2, -0.15) is 0 Å². The minimum atomic E-state index is -1.47. The second-order valence-electron chi connectivity index (χ2n) is 6.45. The molecule has 0 saturated carbocycles. The van der Waals surface area contributed by atoms with Crippen LogP contribution in [0.1, 0.15) is 32.7 Å². The van der Waals surface area contributed by atoms with E-state index in [2.05, 4.69) is 9.97 Å². The van der Waals surface area contributed by atoms with Crippen LogP contribution in [-0.2, 0) is 5.60 Å². The Kier molecular flexibility index (Phi) is 4.79. The van der Waals surface area contributed by atoms with E-state index in [1.54, 1.807) is 42.7 Å². The van der Waals surface area contributed by atoms with Crippen LogP contribution in [0.15, 0.2) is 104 Å². The molecule has 28 heavy (non-hydrogen) atoms. The molecule has 0 radical (unpaired) electrons. The summed E-state index contributed by atoms with van der Waals surface area (Å²) < 4.78 is 0. The Morgan fingerprint density at radius 2 is 1.39 bits per heavy atom. The zero-order chi connectivity index (χ0) is 19.4. The van der Waals surface area contributed by atoms with Crippen molar-refractivity contribution in [2.45, 2.75) is 5.60 Å². The summed E-state index contributed by atoms with van der Waals surface area (Å²) in [5.41, 5.74) is 1.31. The van der Waals surface area contributed by atoms with Crippen LogP contribution in [0.5, 0.6) is 0 Å². The van der Waals surface area contributed by atoms with Crippen molar-refractivity contribution < 1.29 is 9.90 Å². The smallest absolute Gasteiger partial charge is 0.194 e. The maximum atomic E-state index is 12.6. The van der Waals surface area contributed by atoms with Crippen LogP contribution in [0, 0.1) is 0 Å². The van der Waals surface area contributed by atoms with Crippen molar-refractivity contribution >= 4 is 5.78 Å². The number of carbonyl (C=O) groups is 1. The van der Waals surface area contributed by atoms with Crippen LogP contribution in [0.25, 0.3) is 0 Å². The molecule has 0 spiro atoms. The molecule has 4 rings (SSSR count). The first-order valence-corrected chi connectivity index (χ1v) is 8.94. The Balaban J connectivity index is 1.77. The highest BCUT2D eigenvalue weighted by atomic mass is 16.3. The molecular formula is C24H18N2O2. The molecule has 2 aromatic carbocycles. The quantitative estimate of drug-likeness (QED) is 0.543. The van der Waals surface area contributed by atoms with Gasteiger partial charge in [0.1, 0.15) is 0 Å². The van der Waals surface area contributed by atoms with E-state index in [0.717, 1.165) is 0 Å². The standard InChI is InChI=1S/C24H18N2O2/c27-23(18-8-3-1-4-9-18)19-13-14-22(26-16-19)24(28,20-10-5-2-6-11-20)21-12-7-15-25-17-21/h1-17,28H. The van der Waals surface area contributed by atoms with Crippen LogP contribution in [-0.4, -0.2) is 20.9 Å². The first-order valence-electron chi connectivity index (χ1n) is 8.94. The first-order chi connectivity index (χ1) is 13.7. The van der Waals surface area contributed by atoms with E-state index in [0.29, 0.717) is 27.9 Å². The van der Waals surface area contributed by atoms with E-state index in [1.165, 1.54) is 6.20 Å². The van der Waals surface area contributed by atoms with Crippen molar-refractivity contribution in [3.05, 3.63) is 131 Å². The Labute approximate surface area is 163 Å². The van der Waals surface area contributed by atoms with Crippen molar-refractivity contribution in [3.8, 4) is 0 Å². The van der Waals surface area contributed by atoms with E-state index in [1.807, 2.05) is 54.6 Å². The SMILES string of the molecule is O=C(c1ccccc1)c1ccc(C(O)(c2ccccc2)c2cccnc2)nc1. The lowest BCUT2D eigenvalue weighted by Gasteiger charge is -2.28. The predicted octanol–water partition coefficient (Wildman–Crippen LogP) is 3.99. The van der Waals surface area contributed by atoms with Gasteiger partial charge in [-0.25, -0.2) is 0 Å². The molecular weight excluding hydrogens is 348 g/mol. The molecule has 136 valence electrons. The van der Waals surface area contributed by atoms with Gasteiger partial charge in [0, 0.05) is 35.3 Å².